The number of rotatable bonds is 6. The van der Waals surface area contributed by atoms with Crippen LogP contribution in [0.25, 0.3) is 32.3 Å². The van der Waals surface area contributed by atoms with Crippen molar-refractivity contribution in [3.63, 3.8) is 0 Å². The van der Waals surface area contributed by atoms with Crippen LogP contribution in [0, 0.1) is 0 Å². The zero-order chi connectivity index (χ0) is 30.1. The minimum atomic E-state index is -5.84. The summed E-state index contributed by atoms with van der Waals surface area (Å²) in [4.78, 5) is -0.113. The second kappa shape index (κ2) is 9.62. The van der Waals surface area contributed by atoms with Gasteiger partial charge in [-0.15, -0.1) is 0 Å². The number of sulfone groups is 2. The summed E-state index contributed by atoms with van der Waals surface area (Å²) >= 11 is 0. The predicted molar refractivity (Wildman–Crippen MR) is 144 cm³/mol. The zero-order valence-electron chi connectivity index (χ0n) is 21.6. The van der Waals surface area contributed by atoms with E-state index < -0.39 is 46.5 Å². The van der Waals surface area contributed by atoms with E-state index in [1.165, 1.54) is 24.3 Å². The molecule has 218 valence electrons. The molecule has 0 bridgehead atoms. The van der Waals surface area contributed by atoms with E-state index in [2.05, 4.69) is 0 Å². The van der Waals surface area contributed by atoms with E-state index in [-0.39, 0.29) is 27.1 Å². The van der Waals surface area contributed by atoms with Crippen molar-refractivity contribution in [2.24, 2.45) is 0 Å². The molecule has 1 aliphatic heterocycles. The highest BCUT2D eigenvalue weighted by Gasteiger charge is 2.50. The fraction of sp³-hybridized carbons (Fsp3) is 0.286. The minimum absolute atomic E-state index is 0.106. The van der Waals surface area contributed by atoms with Crippen molar-refractivity contribution in [3.8, 4) is 0 Å². The van der Waals surface area contributed by atoms with Crippen LogP contribution in [0.3, 0.4) is 0 Å². The monoisotopic (exact) mass is 615 g/mol. The van der Waals surface area contributed by atoms with Gasteiger partial charge in [-0.1, -0.05) is 43.7 Å². The Morgan fingerprint density at radius 3 is 1.93 bits per heavy atom. The average molecular weight is 616 g/mol. The Labute approximate surface area is 231 Å². The highest BCUT2D eigenvalue weighted by atomic mass is 32.2. The number of allylic oxidation sites excluding steroid dienone is 2. The van der Waals surface area contributed by atoms with Crippen molar-refractivity contribution in [1.82, 2.24) is 4.90 Å². The smallest absolute Gasteiger partial charge is 0.367 e. The lowest BCUT2D eigenvalue weighted by atomic mass is 9.87. The molecular formula is C28H23F6NO4S2. The molecule has 0 fully saturated rings. The lowest BCUT2D eigenvalue weighted by molar-refractivity contribution is -0.0442. The molecule has 0 saturated heterocycles. The number of hydrogen-bond acceptors (Lipinski definition) is 5. The van der Waals surface area contributed by atoms with Crippen LogP contribution in [0.15, 0.2) is 76.2 Å². The number of unbranched alkanes of at least 4 members (excludes halogenated alkanes) is 1. The number of nitrogens with zero attached hydrogens (tertiary/aromatic N) is 1. The number of hydrogen-bond donors (Lipinski definition) is 0. The van der Waals surface area contributed by atoms with E-state index in [0.29, 0.717) is 29.3 Å². The molecule has 0 amide bonds. The standard InChI is InChI=1S/C28H23F6NO4S2/c1-3-4-11-35-12-5-6-16(2)26(35)25-21-10-9-18-14-20(40(36,37)27(29,30)31)13-17-7-8-19(24(21)23(17)18)15-22(25)41(38,39)28(32,33)34/h5-10,12-15,26H,3-4,11H2,1-2H3. The predicted octanol–water partition coefficient (Wildman–Crippen LogP) is 7.79. The first-order valence-corrected chi connectivity index (χ1v) is 15.5. The van der Waals surface area contributed by atoms with Gasteiger partial charge in [0.2, 0.25) is 0 Å². The summed E-state index contributed by atoms with van der Waals surface area (Å²) in [5.74, 6) is 0. The van der Waals surface area contributed by atoms with E-state index in [4.69, 9.17) is 0 Å². The van der Waals surface area contributed by atoms with Gasteiger partial charge in [0, 0.05) is 12.1 Å². The molecule has 5 rings (SSSR count). The zero-order valence-corrected chi connectivity index (χ0v) is 23.3. The molecule has 1 atom stereocenters. The first-order chi connectivity index (χ1) is 19.0. The topological polar surface area (TPSA) is 71.5 Å². The summed E-state index contributed by atoms with van der Waals surface area (Å²) in [5.41, 5.74) is -10.6. The fourth-order valence-electron chi connectivity index (χ4n) is 5.46. The summed E-state index contributed by atoms with van der Waals surface area (Å²) in [6, 6.07) is 7.01. The minimum Gasteiger partial charge on any atom is -0.367 e. The summed E-state index contributed by atoms with van der Waals surface area (Å²) in [7, 11) is -11.5. The third-order valence-electron chi connectivity index (χ3n) is 7.35. The van der Waals surface area contributed by atoms with Crippen molar-refractivity contribution in [2.75, 3.05) is 6.54 Å². The Hall–Kier alpha value is -3.32. The van der Waals surface area contributed by atoms with E-state index in [1.807, 2.05) is 6.92 Å². The van der Waals surface area contributed by atoms with Gasteiger partial charge in [-0.2, -0.15) is 26.3 Å². The average Bonchev–Trinajstić information content (AvgIpc) is 2.88. The summed E-state index contributed by atoms with van der Waals surface area (Å²) in [5, 5.41) is 1.14. The van der Waals surface area contributed by atoms with Crippen LogP contribution in [-0.2, 0) is 19.7 Å². The molecule has 0 saturated carbocycles. The van der Waals surface area contributed by atoms with Crippen molar-refractivity contribution in [1.29, 1.82) is 0 Å². The van der Waals surface area contributed by atoms with Crippen molar-refractivity contribution < 1.29 is 43.2 Å². The van der Waals surface area contributed by atoms with Gasteiger partial charge in [0.25, 0.3) is 19.7 Å². The molecule has 41 heavy (non-hydrogen) atoms. The van der Waals surface area contributed by atoms with Gasteiger partial charge in [-0.25, -0.2) is 16.8 Å². The van der Waals surface area contributed by atoms with Gasteiger partial charge in [0.1, 0.15) is 0 Å². The SMILES string of the molecule is CCCCN1C=CC=C(C)C1c1c(S(=O)(=O)C(F)(F)F)cc2ccc3cc(S(=O)(=O)C(F)(F)F)cc4ccc1c2c34. The van der Waals surface area contributed by atoms with E-state index in [1.54, 1.807) is 30.2 Å². The maximum absolute atomic E-state index is 14.0. The maximum atomic E-state index is 14.0. The molecule has 1 heterocycles. The molecule has 0 aliphatic carbocycles. The van der Waals surface area contributed by atoms with Crippen LogP contribution >= 0.6 is 0 Å². The Balaban J connectivity index is 1.92. The summed E-state index contributed by atoms with van der Waals surface area (Å²) in [6.07, 6.45) is 6.54. The first-order valence-electron chi connectivity index (χ1n) is 12.5. The fourth-order valence-corrected chi connectivity index (χ4v) is 7.33. The van der Waals surface area contributed by atoms with Crippen LogP contribution in [0.1, 0.15) is 38.3 Å². The quantitative estimate of drug-likeness (QED) is 0.164. The Morgan fingerprint density at radius 1 is 0.805 bits per heavy atom. The molecular weight excluding hydrogens is 592 g/mol. The molecule has 5 nitrogen and oxygen atoms in total. The second-order valence-corrected chi connectivity index (χ2v) is 13.8. The molecule has 13 heteroatoms. The molecule has 0 aromatic heterocycles. The molecule has 0 radical (unpaired) electrons. The lowest BCUT2D eigenvalue weighted by Gasteiger charge is -2.36. The van der Waals surface area contributed by atoms with Crippen LogP contribution in [0.5, 0.6) is 0 Å². The summed E-state index contributed by atoms with van der Waals surface area (Å²) < 4.78 is 132. The third kappa shape index (κ3) is 4.53. The third-order valence-corrected chi connectivity index (χ3v) is 10.3. The van der Waals surface area contributed by atoms with Crippen molar-refractivity contribution in [3.05, 3.63) is 72.0 Å². The van der Waals surface area contributed by atoms with Gasteiger partial charge in [0.15, 0.2) is 0 Å². The molecule has 0 spiro atoms. The summed E-state index contributed by atoms with van der Waals surface area (Å²) in [6.45, 7) is 4.05. The number of alkyl halides is 6. The molecule has 0 N–H and O–H groups in total. The Morgan fingerprint density at radius 2 is 1.37 bits per heavy atom. The van der Waals surface area contributed by atoms with Crippen molar-refractivity contribution in [2.45, 2.75) is 53.5 Å². The van der Waals surface area contributed by atoms with Crippen LogP contribution in [0.2, 0.25) is 0 Å². The highest BCUT2D eigenvalue weighted by molar-refractivity contribution is 7.92. The van der Waals surface area contributed by atoms with Crippen LogP contribution in [0.4, 0.5) is 26.3 Å². The second-order valence-electron chi connectivity index (χ2n) is 9.95. The van der Waals surface area contributed by atoms with Crippen molar-refractivity contribution >= 4 is 52.0 Å². The maximum Gasteiger partial charge on any atom is 0.501 e. The Kier molecular flexibility index (Phi) is 6.85. The Bertz CT molecular complexity index is 1940. The molecule has 4 aromatic rings. The normalized spacial score (nSPS) is 17.2. The van der Waals surface area contributed by atoms with Crippen LogP contribution < -0.4 is 0 Å². The van der Waals surface area contributed by atoms with Gasteiger partial charge in [0.05, 0.1) is 15.8 Å². The lowest BCUT2D eigenvalue weighted by Crippen LogP contribution is -2.31. The van der Waals surface area contributed by atoms with Gasteiger partial charge >= 0.3 is 11.0 Å². The molecule has 1 unspecified atom stereocenters. The van der Waals surface area contributed by atoms with E-state index >= 15 is 0 Å². The first kappa shape index (κ1) is 29.2. The van der Waals surface area contributed by atoms with Gasteiger partial charge < -0.3 is 4.90 Å². The van der Waals surface area contributed by atoms with Gasteiger partial charge in [-0.05, 0) is 81.7 Å². The van der Waals surface area contributed by atoms with E-state index in [0.717, 1.165) is 24.6 Å². The van der Waals surface area contributed by atoms with Crippen LogP contribution in [-0.4, -0.2) is 39.3 Å². The van der Waals surface area contributed by atoms with E-state index in [9.17, 15) is 43.2 Å². The van der Waals surface area contributed by atoms with Gasteiger partial charge in [-0.3, -0.25) is 0 Å². The highest BCUT2D eigenvalue weighted by Crippen LogP contribution is 2.47. The number of benzene rings is 4. The molecule has 1 aliphatic rings. The molecule has 4 aromatic carbocycles. The largest absolute Gasteiger partial charge is 0.501 e. The number of halogens is 6.